The van der Waals surface area contributed by atoms with E-state index in [4.69, 9.17) is 0 Å². The fourth-order valence-corrected chi connectivity index (χ4v) is 8.39. The van der Waals surface area contributed by atoms with E-state index < -0.39 is 32.3 Å². The second kappa shape index (κ2) is 15.6. The van der Waals surface area contributed by atoms with Crippen LogP contribution in [-0.4, -0.2) is 50.5 Å². The molecule has 2 fully saturated rings. The summed E-state index contributed by atoms with van der Waals surface area (Å²) in [6.45, 7) is 0.646. The van der Waals surface area contributed by atoms with Crippen molar-refractivity contribution in [3.05, 3.63) is 215 Å². The lowest BCUT2D eigenvalue weighted by Crippen LogP contribution is -2.73. The van der Waals surface area contributed by atoms with Crippen molar-refractivity contribution in [2.45, 2.75) is 28.5 Å². The highest BCUT2D eigenvalue weighted by Gasteiger charge is 2.51. The zero-order valence-corrected chi connectivity index (χ0v) is 30.6. The minimum Gasteiger partial charge on any atom is -0.353 e. The molecule has 3 atom stereocenters. The number of amides is 2. The fourth-order valence-electron chi connectivity index (χ4n) is 7.38. The van der Waals surface area contributed by atoms with Gasteiger partial charge in [-0.05, 0) is 33.4 Å². The molecule has 0 aromatic heterocycles. The smallest absolute Gasteiger partial charge is 0.241 e. The number of hydrogen-bond acceptors (Lipinski definition) is 6. The van der Waals surface area contributed by atoms with Crippen LogP contribution >= 0.6 is 0 Å². The first-order chi connectivity index (χ1) is 26.2. The monoisotopic (exact) mass is 734 g/mol. The van der Waals surface area contributed by atoms with Crippen LogP contribution in [0.1, 0.15) is 33.4 Å². The van der Waals surface area contributed by atoms with Crippen LogP contribution in [0.15, 0.2) is 182 Å². The molecule has 0 spiro atoms. The molecule has 1 unspecified atom stereocenters. The molecule has 8 nitrogen and oxygen atoms in total. The van der Waals surface area contributed by atoms with Gasteiger partial charge in [-0.3, -0.25) is 20.2 Å². The Morgan fingerprint density at radius 1 is 0.481 bits per heavy atom. The Morgan fingerprint density at radius 2 is 0.778 bits per heavy atom. The van der Waals surface area contributed by atoms with E-state index in [-0.39, 0.29) is 17.9 Å². The van der Waals surface area contributed by atoms with Gasteiger partial charge in [0.2, 0.25) is 11.8 Å². The van der Waals surface area contributed by atoms with Crippen molar-refractivity contribution < 1.29 is 18.0 Å². The lowest BCUT2D eigenvalue weighted by atomic mass is 9.76. The molecular formula is C45H42N4O4S. The number of hydrogen-bond donors (Lipinski definition) is 4. The Morgan fingerprint density at radius 3 is 1.00 bits per heavy atom. The molecular weight excluding hydrogens is 693 g/mol. The van der Waals surface area contributed by atoms with Crippen LogP contribution in [-0.2, 0) is 30.5 Å². The number of carbonyl (C=O) groups is 2. The lowest BCUT2D eigenvalue weighted by Gasteiger charge is -2.45. The first-order valence-corrected chi connectivity index (χ1v) is 19.8. The summed E-state index contributed by atoms with van der Waals surface area (Å²) in [4.78, 5) is 24.4. The summed E-state index contributed by atoms with van der Waals surface area (Å²) in [6, 6.07) is 59.2. The normalized spacial score (nSPS) is 18.1. The lowest BCUT2D eigenvalue weighted by molar-refractivity contribution is -0.130. The highest BCUT2D eigenvalue weighted by atomic mass is 32.2. The molecule has 2 aliphatic rings. The molecule has 0 bridgehead atoms. The number of sulfone groups is 1. The Labute approximate surface area is 316 Å². The summed E-state index contributed by atoms with van der Waals surface area (Å²) < 4.78 is 24.4. The molecule has 0 radical (unpaired) electrons. The standard InChI is InChI=1S/C23H22N2O3S.C22H20N2O/c1-29(27,28)22-20(21(26)24-22)25-23(17-11-5-2-6-12-17,18-13-7-3-8-14-18)19-15-9-4-10-16-19;25-21-20(16-23-21)24-22(17-10-4-1-5-11-17,18-12-6-2-7-13-18)19-14-8-3-9-15-19/h2-16,20,22,25H,1H3,(H,24,26);1-15,20,24H,16H2,(H,23,25)/t20-,22-;/m1./s1. The van der Waals surface area contributed by atoms with E-state index in [1.807, 2.05) is 146 Å². The summed E-state index contributed by atoms with van der Waals surface area (Å²) in [6.07, 6.45) is 1.14. The van der Waals surface area contributed by atoms with Crippen molar-refractivity contribution in [1.29, 1.82) is 0 Å². The number of carbonyl (C=O) groups excluding carboxylic acids is 2. The molecule has 9 heteroatoms. The van der Waals surface area contributed by atoms with Crippen LogP contribution < -0.4 is 21.3 Å². The van der Waals surface area contributed by atoms with Crippen molar-refractivity contribution in [1.82, 2.24) is 21.3 Å². The average molecular weight is 735 g/mol. The second-order valence-electron chi connectivity index (χ2n) is 13.5. The first-order valence-electron chi connectivity index (χ1n) is 17.9. The van der Waals surface area contributed by atoms with Gasteiger partial charge in [-0.1, -0.05) is 182 Å². The molecule has 8 rings (SSSR count). The molecule has 6 aromatic carbocycles. The summed E-state index contributed by atoms with van der Waals surface area (Å²) >= 11 is 0. The summed E-state index contributed by atoms with van der Waals surface area (Å²) in [5.41, 5.74) is 4.64. The van der Waals surface area contributed by atoms with Crippen molar-refractivity contribution in [3.63, 3.8) is 0 Å². The van der Waals surface area contributed by atoms with Crippen LogP contribution in [0.4, 0.5) is 0 Å². The third-order valence-corrected chi connectivity index (χ3v) is 11.4. The number of rotatable bonds is 11. The van der Waals surface area contributed by atoms with Gasteiger partial charge in [0.25, 0.3) is 0 Å². The maximum atomic E-state index is 12.4. The third-order valence-electron chi connectivity index (χ3n) is 10.1. The van der Waals surface area contributed by atoms with Crippen LogP contribution in [0.3, 0.4) is 0 Å². The molecule has 2 aliphatic heterocycles. The summed E-state index contributed by atoms with van der Waals surface area (Å²) in [7, 11) is -3.46. The minimum absolute atomic E-state index is 0.0483. The van der Waals surface area contributed by atoms with Crippen molar-refractivity contribution >= 4 is 21.7 Å². The van der Waals surface area contributed by atoms with Crippen molar-refractivity contribution in [2.24, 2.45) is 0 Å². The van der Waals surface area contributed by atoms with E-state index in [0.29, 0.717) is 6.54 Å². The molecule has 0 aliphatic carbocycles. The largest absolute Gasteiger partial charge is 0.353 e. The highest BCUT2D eigenvalue weighted by molar-refractivity contribution is 7.91. The molecule has 2 amide bonds. The SMILES string of the molecule is CS(=O)(=O)[C@H]1NC(=O)[C@H]1NC(c1ccccc1)(c1ccccc1)c1ccccc1.O=C1NCC1NC(c1ccccc1)(c1ccccc1)c1ccccc1. The first kappa shape index (κ1) is 36.5. The van der Waals surface area contributed by atoms with Crippen molar-refractivity contribution in [2.75, 3.05) is 12.8 Å². The quantitative estimate of drug-likeness (QED) is 0.103. The molecule has 2 heterocycles. The van der Waals surface area contributed by atoms with Crippen LogP contribution in [0.5, 0.6) is 0 Å². The van der Waals surface area contributed by atoms with Gasteiger partial charge in [0.15, 0.2) is 15.2 Å². The van der Waals surface area contributed by atoms with Gasteiger partial charge >= 0.3 is 0 Å². The molecule has 54 heavy (non-hydrogen) atoms. The minimum atomic E-state index is -3.46. The Hall–Kier alpha value is -5.87. The van der Waals surface area contributed by atoms with Crippen LogP contribution in [0, 0.1) is 0 Å². The maximum absolute atomic E-state index is 12.4. The van der Waals surface area contributed by atoms with Crippen LogP contribution in [0.25, 0.3) is 0 Å². The van der Waals surface area contributed by atoms with E-state index in [1.54, 1.807) is 0 Å². The zero-order valence-electron chi connectivity index (χ0n) is 29.8. The predicted octanol–water partition coefficient (Wildman–Crippen LogP) is 5.50. The predicted molar refractivity (Wildman–Crippen MR) is 212 cm³/mol. The number of β-lactam (4-membered cyclic amide) rings is 2. The highest BCUT2D eigenvalue weighted by Crippen LogP contribution is 2.39. The molecule has 2 saturated heterocycles. The average Bonchev–Trinajstić information content (AvgIpc) is 3.22. The van der Waals surface area contributed by atoms with E-state index >= 15 is 0 Å². The maximum Gasteiger partial charge on any atom is 0.241 e. The van der Waals surface area contributed by atoms with E-state index in [9.17, 15) is 18.0 Å². The second-order valence-corrected chi connectivity index (χ2v) is 15.7. The molecule has 6 aromatic rings. The van der Waals surface area contributed by atoms with Gasteiger partial charge in [0, 0.05) is 12.8 Å². The zero-order chi connectivity index (χ0) is 37.6. The number of benzene rings is 6. The Balaban J connectivity index is 0.000000168. The van der Waals surface area contributed by atoms with E-state index in [2.05, 4.69) is 57.7 Å². The van der Waals surface area contributed by atoms with E-state index in [0.717, 1.165) is 39.6 Å². The molecule has 0 saturated carbocycles. The van der Waals surface area contributed by atoms with Gasteiger partial charge in [-0.15, -0.1) is 0 Å². The molecule has 4 N–H and O–H groups in total. The summed E-state index contributed by atoms with van der Waals surface area (Å²) in [5, 5.41) is 11.5. The fraction of sp³-hybridized carbons (Fsp3) is 0.156. The Kier molecular flexibility index (Phi) is 10.6. The topological polar surface area (TPSA) is 116 Å². The van der Waals surface area contributed by atoms with Gasteiger partial charge in [0.05, 0.1) is 11.1 Å². The van der Waals surface area contributed by atoms with Gasteiger partial charge in [-0.2, -0.15) is 0 Å². The molecule has 272 valence electrons. The van der Waals surface area contributed by atoms with Crippen LogP contribution in [0.2, 0.25) is 0 Å². The number of nitrogens with one attached hydrogen (secondary N) is 4. The van der Waals surface area contributed by atoms with Gasteiger partial charge in [0.1, 0.15) is 12.1 Å². The van der Waals surface area contributed by atoms with Gasteiger partial charge in [-0.25, -0.2) is 8.42 Å². The third kappa shape index (κ3) is 7.09. The summed E-state index contributed by atoms with van der Waals surface area (Å²) in [5.74, 6) is -0.278. The van der Waals surface area contributed by atoms with Crippen molar-refractivity contribution in [3.8, 4) is 0 Å². The van der Waals surface area contributed by atoms with E-state index in [1.165, 1.54) is 0 Å². The van der Waals surface area contributed by atoms with Gasteiger partial charge < -0.3 is 10.6 Å². The Bertz CT molecular complexity index is 2080.